The van der Waals surface area contributed by atoms with Crippen LogP contribution in [0, 0.1) is 5.92 Å². The summed E-state index contributed by atoms with van der Waals surface area (Å²) in [4.78, 5) is 2.67. The molecule has 3 nitrogen and oxygen atoms in total. The number of ether oxygens (including phenoxy) is 1. The molecule has 0 aromatic carbocycles. The van der Waals surface area contributed by atoms with Crippen LogP contribution in [-0.4, -0.2) is 49.8 Å². The number of hydrogen-bond donors (Lipinski definition) is 1. The molecular weight excluding hydrogens is 236 g/mol. The molecule has 0 radical (unpaired) electrons. The molecule has 2 aliphatic rings. The minimum atomic E-state index is 0.309. The van der Waals surface area contributed by atoms with Crippen molar-refractivity contribution >= 4 is 0 Å². The largest absolute Gasteiger partial charge is 0.383 e. The van der Waals surface area contributed by atoms with Crippen LogP contribution in [0.15, 0.2) is 0 Å². The van der Waals surface area contributed by atoms with E-state index in [9.17, 15) is 0 Å². The monoisotopic (exact) mass is 268 g/mol. The molecule has 3 heteroatoms. The Balaban J connectivity index is 1.95. The van der Waals surface area contributed by atoms with Crippen LogP contribution in [0.3, 0.4) is 0 Å². The normalized spacial score (nSPS) is 34.6. The van der Waals surface area contributed by atoms with Gasteiger partial charge in [-0.1, -0.05) is 26.2 Å². The van der Waals surface area contributed by atoms with Crippen molar-refractivity contribution in [3.63, 3.8) is 0 Å². The third kappa shape index (κ3) is 3.71. The smallest absolute Gasteiger partial charge is 0.0589 e. The summed E-state index contributed by atoms with van der Waals surface area (Å²) in [6.07, 6.45) is 8.39. The summed E-state index contributed by atoms with van der Waals surface area (Å²) < 4.78 is 5.30. The molecule has 0 amide bonds. The van der Waals surface area contributed by atoms with Gasteiger partial charge in [-0.3, -0.25) is 4.90 Å². The Kier molecular flexibility index (Phi) is 5.67. The number of hydrogen-bond acceptors (Lipinski definition) is 3. The van der Waals surface area contributed by atoms with Crippen LogP contribution in [0.25, 0.3) is 0 Å². The number of nitrogens with one attached hydrogen (secondary N) is 1. The maximum atomic E-state index is 5.30. The van der Waals surface area contributed by atoms with Crippen LogP contribution in [0.2, 0.25) is 0 Å². The highest BCUT2D eigenvalue weighted by Crippen LogP contribution is 2.31. The van der Waals surface area contributed by atoms with Crippen LogP contribution >= 0.6 is 0 Å². The van der Waals surface area contributed by atoms with Crippen molar-refractivity contribution in [2.45, 2.75) is 64.0 Å². The first-order chi connectivity index (χ1) is 9.19. The van der Waals surface area contributed by atoms with Crippen molar-refractivity contribution in [3.05, 3.63) is 0 Å². The SMILES string of the molecule is CCC1(C)CNC(C2CCCCC2)CN1CCOC. The zero-order valence-corrected chi connectivity index (χ0v) is 13.1. The molecular formula is C16H32N2O. The minimum Gasteiger partial charge on any atom is -0.383 e. The molecule has 0 bridgehead atoms. The predicted molar refractivity (Wildman–Crippen MR) is 80.5 cm³/mol. The number of rotatable bonds is 5. The van der Waals surface area contributed by atoms with Gasteiger partial charge in [-0.2, -0.15) is 0 Å². The van der Waals surface area contributed by atoms with Gasteiger partial charge in [0.05, 0.1) is 6.61 Å². The molecule has 112 valence electrons. The zero-order valence-electron chi connectivity index (χ0n) is 13.1. The first kappa shape index (κ1) is 15.3. The quantitative estimate of drug-likeness (QED) is 0.829. The first-order valence-electron chi connectivity index (χ1n) is 8.17. The van der Waals surface area contributed by atoms with Gasteiger partial charge in [-0.15, -0.1) is 0 Å². The Labute approximate surface area is 119 Å². The molecule has 1 N–H and O–H groups in total. The number of methoxy groups -OCH3 is 1. The standard InChI is InChI=1S/C16H32N2O/c1-4-16(2)13-17-15(12-18(16)10-11-19-3)14-8-6-5-7-9-14/h14-15,17H,4-13H2,1-3H3. The van der Waals surface area contributed by atoms with Crippen LogP contribution in [-0.2, 0) is 4.74 Å². The van der Waals surface area contributed by atoms with Crippen LogP contribution in [0.1, 0.15) is 52.4 Å². The van der Waals surface area contributed by atoms with E-state index in [-0.39, 0.29) is 0 Å². The Morgan fingerprint density at radius 2 is 2.00 bits per heavy atom. The Morgan fingerprint density at radius 1 is 1.26 bits per heavy atom. The zero-order chi connectivity index (χ0) is 13.7. The summed E-state index contributed by atoms with van der Waals surface area (Å²) in [5, 5.41) is 3.85. The predicted octanol–water partition coefficient (Wildman–Crippen LogP) is 2.66. The van der Waals surface area contributed by atoms with Gasteiger partial charge in [0.15, 0.2) is 0 Å². The second-order valence-electron chi connectivity index (χ2n) is 6.67. The summed E-state index contributed by atoms with van der Waals surface area (Å²) in [6.45, 7) is 8.97. The fraction of sp³-hybridized carbons (Fsp3) is 1.00. The molecule has 19 heavy (non-hydrogen) atoms. The van der Waals surface area contributed by atoms with E-state index < -0.39 is 0 Å². The van der Waals surface area contributed by atoms with Crippen molar-refractivity contribution < 1.29 is 4.74 Å². The third-order valence-electron chi connectivity index (χ3n) is 5.47. The van der Waals surface area contributed by atoms with Gasteiger partial charge in [0, 0.05) is 38.3 Å². The van der Waals surface area contributed by atoms with Gasteiger partial charge in [0.1, 0.15) is 0 Å². The molecule has 1 saturated heterocycles. The first-order valence-corrected chi connectivity index (χ1v) is 8.17. The van der Waals surface area contributed by atoms with Gasteiger partial charge in [-0.05, 0) is 32.1 Å². The van der Waals surface area contributed by atoms with Crippen molar-refractivity contribution in [3.8, 4) is 0 Å². The van der Waals surface area contributed by atoms with Gasteiger partial charge < -0.3 is 10.1 Å². The van der Waals surface area contributed by atoms with E-state index in [0.717, 1.165) is 25.6 Å². The fourth-order valence-corrected chi connectivity index (χ4v) is 3.75. The molecule has 1 heterocycles. The van der Waals surface area contributed by atoms with E-state index in [2.05, 4.69) is 24.1 Å². The van der Waals surface area contributed by atoms with Crippen LogP contribution in [0.4, 0.5) is 0 Å². The highest BCUT2D eigenvalue weighted by molar-refractivity contribution is 4.97. The van der Waals surface area contributed by atoms with Crippen molar-refractivity contribution in [2.24, 2.45) is 5.92 Å². The maximum absolute atomic E-state index is 5.30. The lowest BCUT2D eigenvalue weighted by Gasteiger charge is -2.50. The van der Waals surface area contributed by atoms with E-state index >= 15 is 0 Å². The van der Waals surface area contributed by atoms with E-state index in [1.807, 2.05) is 7.11 Å². The Hall–Kier alpha value is -0.120. The van der Waals surface area contributed by atoms with Crippen molar-refractivity contribution in [1.29, 1.82) is 0 Å². The van der Waals surface area contributed by atoms with Crippen molar-refractivity contribution in [2.75, 3.05) is 33.4 Å². The summed E-state index contributed by atoms with van der Waals surface area (Å²) >= 11 is 0. The molecule has 0 aromatic heterocycles. The van der Waals surface area contributed by atoms with Crippen LogP contribution < -0.4 is 5.32 Å². The summed E-state index contributed by atoms with van der Waals surface area (Å²) in [5.74, 6) is 0.903. The minimum absolute atomic E-state index is 0.309. The second kappa shape index (κ2) is 7.05. The average molecular weight is 268 g/mol. The van der Waals surface area contributed by atoms with E-state index in [1.165, 1.54) is 45.1 Å². The Morgan fingerprint density at radius 3 is 2.63 bits per heavy atom. The van der Waals surface area contributed by atoms with E-state index in [0.29, 0.717) is 11.6 Å². The molecule has 1 aliphatic carbocycles. The number of piperazine rings is 1. The van der Waals surface area contributed by atoms with E-state index in [4.69, 9.17) is 4.74 Å². The highest BCUT2D eigenvalue weighted by Gasteiger charge is 2.38. The highest BCUT2D eigenvalue weighted by atomic mass is 16.5. The van der Waals surface area contributed by atoms with Crippen molar-refractivity contribution in [1.82, 2.24) is 10.2 Å². The van der Waals surface area contributed by atoms with Crippen LogP contribution in [0.5, 0.6) is 0 Å². The van der Waals surface area contributed by atoms with Gasteiger partial charge >= 0.3 is 0 Å². The third-order valence-corrected chi connectivity index (χ3v) is 5.47. The maximum Gasteiger partial charge on any atom is 0.0589 e. The summed E-state index contributed by atoms with van der Waals surface area (Å²) in [7, 11) is 1.81. The molecule has 0 spiro atoms. The lowest BCUT2D eigenvalue weighted by Crippen LogP contribution is -2.65. The molecule has 1 saturated carbocycles. The molecule has 0 aromatic rings. The summed E-state index contributed by atoms with van der Waals surface area (Å²) in [5.41, 5.74) is 0.309. The lowest BCUT2D eigenvalue weighted by atomic mass is 9.81. The molecule has 2 unspecified atom stereocenters. The van der Waals surface area contributed by atoms with E-state index in [1.54, 1.807) is 0 Å². The molecule has 2 atom stereocenters. The fourth-order valence-electron chi connectivity index (χ4n) is 3.75. The van der Waals surface area contributed by atoms with Gasteiger partial charge in [0.2, 0.25) is 0 Å². The molecule has 1 aliphatic heterocycles. The Bertz CT molecular complexity index is 265. The topological polar surface area (TPSA) is 24.5 Å². The molecule has 2 fully saturated rings. The second-order valence-corrected chi connectivity index (χ2v) is 6.67. The average Bonchev–Trinajstić information content (AvgIpc) is 2.47. The molecule has 2 rings (SSSR count). The summed E-state index contributed by atoms with van der Waals surface area (Å²) in [6, 6.07) is 0.705. The lowest BCUT2D eigenvalue weighted by molar-refractivity contribution is 0.0118. The van der Waals surface area contributed by atoms with Gasteiger partial charge in [0.25, 0.3) is 0 Å². The number of nitrogens with zero attached hydrogens (tertiary/aromatic N) is 1. The van der Waals surface area contributed by atoms with Gasteiger partial charge in [-0.25, -0.2) is 0 Å².